The fraction of sp³-hybridized carbons (Fsp3) is 0.278. The Bertz CT molecular complexity index is 627. The lowest BCUT2D eigenvalue weighted by molar-refractivity contribution is 0.0487. The first-order valence-corrected chi connectivity index (χ1v) is 7.43. The summed E-state index contributed by atoms with van der Waals surface area (Å²) >= 11 is 0. The summed E-state index contributed by atoms with van der Waals surface area (Å²) in [6.07, 6.45) is 0. The topological polar surface area (TPSA) is 50.4 Å². The van der Waals surface area contributed by atoms with Gasteiger partial charge in [0.25, 0.3) is 0 Å². The first-order valence-electron chi connectivity index (χ1n) is 7.43. The molecule has 0 atom stereocenters. The zero-order chi connectivity index (χ0) is 16.7. The second kappa shape index (κ2) is 7.74. The molecule has 0 unspecified atom stereocenters. The lowest BCUT2D eigenvalue weighted by Crippen LogP contribution is -2.42. The first-order chi connectivity index (χ1) is 11.0. The summed E-state index contributed by atoms with van der Waals surface area (Å²) < 4.78 is 13.0. The number of urea groups is 1. The van der Waals surface area contributed by atoms with Crippen LogP contribution in [0.25, 0.3) is 0 Å². The van der Waals surface area contributed by atoms with Crippen LogP contribution in [0.2, 0.25) is 0 Å². The van der Waals surface area contributed by atoms with E-state index in [0.29, 0.717) is 13.2 Å². The second-order valence-corrected chi connectivity index (χ2v) is 5.95. The van der Waals surface area contributed by atoms with E-state index in [4.69, 9.17) is 4.84 Å². The number of hydrogen-bond donors (Lipinski definition) is 2. The van der Waals surface area contributed by atoms with Gasteiger partial charge in [0.1, 0.15) is 5.82 Å². The summed E-state index contributed by atoms with van der Waals surface area (Å²) in [7, 11) is 0. The highest BCUT2D eigenvalue weighted by Gasteiger charge is 2.21. The van der Waals surface area contributed by atoms with Crippen LogP contribution in [0.1, 0.15) is 25.0 Å². The van der Waals surface area contributed by atoms with Crippen molar-refractivity contribution in [2.45, 2.75) is 25.9 Å². The molecule has 2 amide bonds. The minimum Gasteiger partial charge on any atom is -0.336 e. The van der Waals surface area contributed by atoms with Crippen LogP contribution in [0.5, 0.6) is 0 Å². The van der Waals surface area contributed by atoms with Crippen LogP contribution < -0.4 is 10.8 Å². The first kappa shape index (κ1) is 17.0. The molecule has 4 nitrogen and oxygen atoms in total. The van der Waals surface area contributed by atoms with Crippen LogP contribution >= 0.6 is 0 Å². The van der Waals surface area contributed by atoms with Gasteiger partial charge in [0.05, 0.1) is 6.61 Å². The highest BCUT2D eigenvalue weighted by Crippen LogP contribution is 2.22. The van der Waals surface area contributed by atoms with Gasteiger partial charge in [-0.3, -0.25) is 4.84 Å². The minimum atomic E-state index is -0.406. The Kier molecular flexibility index (Phi) is 5.71. The lowest BCUT2D eigenvalue weighted by atomic mass is 9.84. The van der Waals surface area contributed by atoms with Crippen molar-refractivity contribution in [3.8, 4) is 0 Å². The zero-order valence-electron chi connectivity index (χ0n) is 13.3. The molecule has 2 N–H and O–H groups in total. The summed E-state index contributed by atoms with van der Waals surface area (Å²) in [5.74, 6) is -0.274. The van der Waals surface area contributed by atoms with Crippen molar-refractivity contribution in [2.24, 2.45) is 0 Å². The number of halogens is 1. The van der Waals surface area contributed by atoms with Gasteiger partial charge in [-0.05, 0) is 23.3 Å². The van der Waals surface area contributed by atoms with Gasteiger partial charge < -0.3 is 5.32 Å². The van der Waals surface area contributed by atoms with Crippen molar-refractivity contribution >= 4 is 6.03 Å². The molecule has 2 aromatic carbocycles. The molecule has 23 heavy (non-hydrogen) atoms. The monoisotopic (exact) mass is 316 g/mol. The SMILES string of the molecule is CC(C)(CNC(=O)NOCc1ccccc1)c1ccc(F)cc1. The zero-order valence-corrected chi connectivity index (χ0v) is 13.3. The van der Waals surface area contributed by atoms with Crippen LogP contribution in [0.4, 0.5) is 9.18 Å². The van der Waals surface area contributed by atoms with Crippen molar-refractivity contribution in [1.82, 2.24) is 10.8 Å². The minimum absolute atomic E-state index is 0.274. The van der Waals surface area contributed by atoms with Gasteiger partial charge in [-0.25, -0.2) is 14.7 Å². The molecule has 0 radical (unpaired) electrons. The molecule has 0 saturated heterocycles. The number of rotatable bonds is 6. The molecule has 2 rings (SSSR count). The molecule has 0 aliphatic carbocycles. The molecule has 0 bridgehead atoms. The Labute approximate surface area is 135 Å². The van der Waals surface area contributed by atoms with Crippen molar-refractivity contribution in [2.75, 3.05) is 6.54 Å². The van der Waals surface area contributed by atoms with Crippen LogP contribution in [0, 0.1) is 5.82 Å². The fourth-order valence-electron chi connectivity index (χ4n) is 2.10. The number of benzene rings is 2. The number of carbonyl (C=O) groups excluding carboxylic acids is 1. The predicted molar refractivity (Wildman–Crippen MR) is 87.2 cm³/mol. The molecular formula is C18H21FN2O2. The van der Waals surface area contributed by atoms with Crippen molar-refractivity contribution in [1.29, 1.82) is 0 Å². The molecule has 0 fully saturated rings. The Balaban J connectivity index is 1.76. The fourth-order valence-corrected chi connectivity index (χ4v) is 2.10. The molecule has 0 saturated carbocycles. The number of hydrogen-bond acceptors (Lipinski definition) is 2. The average molecular weight is 316 g/mol. The quantitative estimate of drug-likeness (QED) is 0.801. The van der Waals surface area contributed by atoms with Crippen molar-refractivity contribution < 1.29 is 14.0 Å². The lowest BCUT2D eigenvalue weighted by Gasteiger charge is -2.25. The van der Waals surface area contributed by atoms with E-state index in [9.17, 15) is 9.18 Å². The van der Waals surface area contributed by atoms with Gasteiger partial charge >= 0.3 is 6.03 Å². The van der Waals surface area contributed by atoms with E-state index < -0.39 is 6.03 Å². The second-order valence-electron chi connectivity index (χ2n) is 5.95. The molecule has 2 aromatic rings. The Morgan fingerprint density at radius 1 is 1.09 bits per heavy atom. The smallest absolute Gasteiger partial charge is 0.336 e. The summed E-state index contributed by atoms with van der Waals surface area (Å²) in [5, 5.41) is 2.75. The maximum Gasteiger partial charge on any atom is 0.338 e. The summed E-state index contributed by atoms with van der Waals surface area (Å²) in [6.45, 7) is 4.66. The van der Waals surface area contributed by atoms with Gasteiger partial charge in [-0.2, -0.15) is 0 Å². The van der Waals surface area contributed by atoms with E-state index in [0.717, 1.165) is 11.1 Å². The summed E-state index contributed by atoms with van der Waals surface area (Å²) in [6, 6.07) is 15.4. The van der Waals surface area contributed by atoms with E-state index in [2.05, 4.69) is 10.8 Å². The molecule has 0 spiro atoms. The standard InChI is InChI=1S/C18H21FN2O2/c1-18(2,15-8-10-16(19)11-9-15)13-20-17(22)21-23-12-14-6-4-3-5-7-14/h3-11H,12-13H2,1-2H3,(H2,20,21,22). The third kappa shape index (κ3) is 5.38. The van der Waals surface area contributed by atoms with Crippen LogP contribution in [-0.4, -0.2) is 12.6 Å². The number of amides is 2. The van der Waals surface area contributed by atoms with E-state index >= 15 is 0 Å². The van der Waals surface area contributed by atoms with E-state index in [1.807, 2.05) is 44.2 Å². The number of carbonyl (C=O) groups is 1. The molecule has 0 aromatic heterocycles. The molecular weight excluding hydrogens is 295 g/mol. The van der Waals surface area contributed by atoms with Gasteiger partial charge in [0.2, 0.25) is 0 Å². The molecule has 5 heteroatoms. The molecule has 0 heterocycles. The Hall–Kier alpha value is -2.40. The van der Waals surface area contributed by atoms with Gasteiger partial charge in [-0.15, -0.1) is 0 Å². The largest absolute Gasteiger partial charge is 0.338 e. The van der Waals surface area contributed by atoms with Crippen LogP contribution in [0.15, 0.2) is 54.6 Å². The summed E-state index contributed by atoms with van der Waals surface area (Å²) in [5.41, 5.74) is 3.96. The molecule has 0 aliphatic rings. The van der Waals surface area contributed by atoms with E-state index in [1.54, 1.807) is 12.1 Å². The average Bonchev–Trinajstić information content (AvgIpc) is 2.54. The van der Waals surface area contributed by atoms with Crippen molar-refractivity contribution in [3.63, 3.8) is 0 Å². The number of nitrogens with one attached hydrogen (secondary N) is 2. The van der Waals surface area contributed by atoms with Gasteiger partial charge in [0, 0.05) is 12.0 Å². The van der Waals surface area contributed by atoms with Crippen molar-refractivity contribution in [3.05, 3.63) is 71.5 Å². The molecule has 122 valence electrons. The van der Waals surface area contributed by atoms with Gasteiger partial charge in [-0.1, -0.05) is 56.3 Å². The third-order valence-electron chi connectivity index (χ3n) is 3.56. The van der Waals surface area contributed by atoms with Crippen LogP contribution in [-0.2, 0) is 16.9 Å². The van der Waals surface area contributed by atoms with E-state index in [1.165, 1.54) is 12.1 Å². The number of hydroxylamine groups is 1. The Morgan fingerprint density at radius 2 is 1.74 bits per heavy atom. The highest BCUT2D eigenvalue weighted by atomic mass is 19.1. The normalized spacial score (nSPS) is 11.1. The maximum atomic E-state index is 13.0. The third-order valence-corrected chi connectivity index (χ3v) is 3.56. The van der Waals surface area contributed by atoms with Crippen LogP contribution in [0.3, 0.4) is 0 Å². The summed E-state index contributed by atoms with van der Waals surface area (Å²) in [4.78, 5) is 16.9. The maximum absolute atomic E-state index is 13.0. The Morgan fingerprint density at radius 3 is 2.39 bits per heavy atom. The predicted octanol–water partition coefficient (Wildman–Crippen LogP) is 3.53. The highest BCUT2D eigenvalue weighted by molar-refractivity contribution is 5.72. The van der Waals surface area contributed by atoms with Gasteiger partial charge in [0.15, 0.2) is 0 Å². The van der Waals surface area contributed by atoms with E-state index in [-0.39, 0.29) is 11.2 Å². The molecule has 0 aliphatic heterocycles.